The summed E-state index contributed by atoms with van der Waals surface area (Å²) in [6, 6.07) is 98.5. The number of nitrogens with zero attached hydrogens (tertiary/aromatic N) is 6. The van der Waals surface area contributed by atoms with Crippen LogP contribution in [0.3, 0.4) is 0 Å². The summed E-state index contributed by atoms with van der Waals surface area (Å²) in [6.45, 7) is 0. The van der Waals surface area contributed by atoms with Gasteiger partial charge in [0.2, 0.25) is 0 Å². The van der Waals surface area contributed by atoms with Crippen molar-refractivity contribution >= 4 is 64.9 Å². The van der Waals surface area contributed by atoms with Gasteiger partial charge >= 0.3 is 0 Å². The maximum atomic E-state index is 5.42. The maximum Gasteiger partial charge on any atom is 0.160 e. The van der Waals surface area contributed by atoms with E-state index in [1.807, 2.05) is 36.7 Å². The van der Waals surface area contributed by atoms with E-state index < -0.39 is 0 Å². The van der Waals surface area contributed by atoms with Gasteiger partial charge in [0.15, 0.2) is 11.6 Å². The lowest BCUT2D eigenvalue weighted by molar-refractivity contribution is 1.19. The molecule has 0 saturated carbocycles. The molecule has 390 valence electrons. The van der Waals surface area contributed by atoms with Gasteiger partial charge in [-0.2, -0.15) is 0 Å². The SMILES string of the molecule is c1ccc2ncc(-c3ccc(-c4cc(-c5c6ccccc6cc6ccccc56)nc(-c5ccc(-c6ccc(-c7nc(-c8ccc(-c9cnc%10ccccc%10c9)cc8)cc(-c8c9ccccc9cc9ccccc89)n7)cc6)cc5)n4)cc3)cc2c1. The van der Waals surface area contributed by atoms with Crippen LogP contribution in [-0.4, -0.2) is 29.9 Å². The van der Waals surface area contributed by atoms with Gasteiger partial charge in [0.1, 0.15) is 0 Å². The third-order valence-corrected chi connectivity index (χ3v) is 16.3. The Morgan fingerprint density at radius 2 is 0.464 bits per heavy atom. The monoisotopic (exact) mass is 1070 g/mol. The number of para-hydroxylation sites is 2. The summed E-state index contributed by atoms with van der Waals surface area (Å²) in [5.41, 5.74) is 17.8. The molecule has 16 aromatic rings. The Balaban J connectivity index is 0.766. The summed E-state index contributed by atoms with van der Waals surface area (Å²) in [7, 11) is 0. The van der Waals surface area contributed by atoms with Crippen LogP contribution in [-0.2, 0) is 0 Å². The second-order valence-electron chi connectivity index (χ2n) is 21.5. The summed E-state index contributed by atoms with van der Waals surface area (Å²) < 4.78 is 0. The molecule has 0 aliphatic carbocycles. The number of rotatable bonds is 9. The van der Waals surface area contributed by atoms with Gasteiger partial charge in [-0.1, -0.05) is 231 Å². The minimum atomic E-state index is 0.649. The van der Waals surface area contributed by atoms with Gasteiger partial charge in [-0.3, -0.25) is 9.97 Å². The van der Waals surface area contributed by atoms with E-state index in [9.17, 15) is 0 Å². The summed E-state index contributed by atoms with van der Waals surface area (Å²) >= 11 is 0. The van der Waals surface area contributed by atoms with Crippen molar-refractivity contribution in [1.29, 1.82) is 0 Å². The maximum absolute atomic E-state index is 5.42. The van der Waals surface area contributed by atoms with E-state index in [2.05, 4.69) is 255 Å². The van der Waals surface area contributed by atoms with Crippen molar-refractivity contribution < 1.29 is 0 Å². The summed E-state index contributed by atoms with van der Waals surface area (Å²) in [5.74, 6) is 1.30. The molecule has 0 fully saturated rings. The second-order valence-corrected chi connectivity index (χ2v) is 21.5. The fraction of sp³-hybridized carbons (Fsp3) is 0. The first-order valence-corrected chi connectivity index (χ1v) is 28.3. The molecular formula is C78H48N6. The Hall–Kier alpha value is -11.3. The average Bonchev–Trinajstić information content (AvgIpc) is 1.92. The van der Waals surface area contributed by atoms with Crippen molar-refractivity contribution in [1.82, 2.24) is 29.9 Å². The molecule has 84 heavy (non-hydrogen) atoms. The topological polar surface area (TPSA) is 77.3 Å². The van der Waals surface area contributed by atoms with E-state index in [4.69, 9.17) is 29.9 Å². The molecule has 0 aliphatic heterocycles. The third-order valence-electron chi connectivity index (χ3n) is 16.3. The highest BCUT2D eigenvalue weighted by molar-refractivity contribution is 6.13. The number of fused-ring (bicyclic) bond motifs is 6. The lowest BCUT2D eigenvalue weighted by atomic mass is 9.93. The number of hydrogen-bond donors (Lipinski definition) is 0. The first-order valence-electron chi connectivity index (χ1n) is 28.3. The standard InChI is InChI=1S/C78H48N6/c1-7-19-65-57(13-1)41-58-14-2-8-20-66(58)75(65)73-45-71(53-33-25-51(26-34-53)63-43-61-17-5-11-23-69(61)79-47-63)81-77(83-73)55-37-29-49(30-38-55)50-31-39-56(40-32-50)78-82-72(54-35-27-52(28-36-54)64-44-62-18-6-12-24-70(62)80-48-64)46-74(84-78)76-67-21-9-3-15-59(67)42-60-16-4-10-22-68(60)76/h1-48H. The molecule has 6 heteroatoms. The fourth-order valence-corrected chi connectivity index (χ4v) is 12.0. The van der Waals surface area contributed by atoms with E-state index >= 15 is 0 Å². The average molecular weight is 1070 g/mol. The highest BCUT2D eigenvalue weighted by atomic mass is 14.9. The van der Waals surface area contributed by atoms with Crippen LogP contribution in [0.4, 0.5) is 0 Å². The minimum Gasteiger partial charge on any atom is -0.256 e. The van der Waals surface area contributed by atoms with Gasteiger partial charge in [0, 0.05) is 67.7 Å². The van der Waals surface area contributed by atoms with E-state index in [1.54, 1.807) is 0 Å². The van der Waals surface area contributed by atoms with Crippen LogP contribution < -0.4 is 0 Å². The smallest absolute Gasteiger partial charge is 0.160 e. The first kappa shape index (κ1) is 48.6. The highest BCUT2D eigenvalue weighted by Gasteiger charge is 2.19. The summed E-state index contributed by atoms with van der Waals surface area (Å²) in [5, 5.41) is 11.4. The zero-order valence-electron chi connectivity index (χ0n) is 45.4. The van der Waals surface area contributed by atoms with Crippen molar-refractivity contribution in [3.8, 4) is 101 Å². The van der Waals surface area contributed by atoms with Gasteiger partial charge in [-0.25, -0.2) is 19.9 Å². The Labute approximate surface area is 484 Å². The van der Waals surface area contributed by atoms with E-state index in [1.165, 1.54) is 0 Å². The zero-order chi connectivity index (χ0) is 55.5. The van der Waals surface area contributed by atoms with Crippen molar-refractivity contribution in [2.24, 2.45) is 0 Å². The Kier molecular flexibility index (Phi) is 11.8. The molecule has 0 amide bonds. The van der Waals surface area contributed by atoms with Crippen molar-refractivity contribution in [3.05, 3.63) is 291 Å². The van der Waals surface area contributed by atoms with Crippen LogP contribution in [0.5, 0.6) is 0 Å². The molecule has 0 atom stereocenters. The van der Waals surface area contributed by atoms with Gasteiger partial charge in [-0.15, -0.1) is 0 Å². The molecule has 4 heterocycles. The molecular weight excluding hydrogens is 1020 g/mol. The molecule has 6 nitrogen and oxygen atoms in total. The van der Waals surface area contributed by atoms with Crippen molar-refractivity contribution in [2.45, 2.75) is 0 Å². The van der Waals surface area contributed by atoms with E-state index in [0.717, 1.165) is 154 Å². The van der Waals surface area contributed by atoms with Gasteiger partial charge in [-0.05, 0) is 114 Å². The van der Waals surface area contributed by atoms with Crippen LogP contribution in [0.25, 0.3) is 166 Å². The first-order chi connectivity index (χ1) is 41.6. The number of aromatic nitrogens is 6. The Morgan fingerprint density at radius 1 is 0.190 bits per heavy atom. The number of hydrogen-bond acceptors (Lipinski definition) is 6. The van der Waals surface area contributed by atoms with Gasteiger partial charge < -0.3 is 0 Å². The van der Waals surface area contributed by atoms with Crippen LogP contribution in [0, 0.1) is 0 Å². The van der Waals surface area contributed by atoms with Crippen molar-refractivity contribution in [3.63, 3.8) is 0 Å². The summed E-state index contributed by atoms with van der Waals surface area (Å²) in [4.78, 5) is 31.0. The molecule has 0 aliphatic rings. The minimum absolute atomic E-state index is 0.649. The molecule has 4 aromatic heterocycles. The van der Waals surface area contributed by atoms with Crippen LogP contribution in [0.2, 0.25) is 0 Å². The van der Waals surface area contributed by atoms with Gasteiger partial charge in [0.05, 0.1) is 33.8 Å². The number of benzene rings is 12. The fourth-order valence-electron chi connectivity index (χ4n) is 12.0. The predicted molar refractivity (Wildman–Crippen MR) is 347 cm³/mol. The molecule has 0 bridgehead atoms. The molecule has 16 rings (SSSR count). The molecule has 0 radical (unpaired) electrons. The second kappa shape index (κ2) is 20.3. The predicted octanol–water partition coefficient (Wildman–Crippen LogP) is 20.0. The molecule has 0 spiro atoms. The van der Waals surface area contributed by atoms with Crippen LogP contribution in [0.15, 0.2) is 291 Å². The van der Waals surface area contributed by atoms with Gasteiger partial charge in [0.25, 0.3) is 0 Å². The lowest BCUT2D eigenvalue weighted by Gasteiger charge is -2.15. The Morgan fingerprint density at radius 3 is 0.821 bits per heavy atom. The largest absolute Gasteiger partial charge is 0.256 e. The third kappa shape index (κ3) is 8.87. The normalized spacial score (nSPS) is 11.6. The van der Waals surface area contributed by atoms with Crippen molar-refractivity contribution in [2.75, 3.05) is 0 Å². The quantitative estimate of drug-likeness (QED) is 0.134. The number of pyridine rings is 2. The Bertz CT molecular complexity index is 4790. The molecule has 0 unspecified atom stereocenters. The van der Waals surface area contributed by atoms with Crippen LogP contribution in [0.1, 0.15) is 0 Å². The molecule has 0 saturated heterocycles. The lowest BCUT2D eigenvalue weighted by Crippen LogP contribution is -1.97. The van der Waals surface area contributed by atoms with E-state index in [0.29, 0.717) is 11.6 Å². The van der Waals surface area contributed by atoms with E-state index in [-0.39, 0.29) is 0 Å². The molecule has 0 N–H and O–H groups in total. The van der Waals surface area contributed by atoms with Crippen LogP contribution >= 0.6 is 0 Å². The molecule has 12 aromatic carbocycles. The zero-order valence-corrected chi connectivity index (χ0v) is 45.4. The highest BCUT2D eigenvalue weighted by Crippen LogP contribution is 2.41. The summed E-state index contributed by atoms with van der Waals surface area (Å²) in [6.07, 6.45) is 3.90.